The van der Waals surface area contributed by atoms with E-state index in [0.717, 1.165) is 5.56 Å². The molecule has 1 amide bonds. The molecule has 8 heteroatoms. The largest absolute Gasteiger partial charge is 0.480 e. The number of nitrogens with zero attached hydrogens (tertiary/aromatic N) is 1. The van der Waals surface area contributed by atoms with Gasteiger partial charge >= 0.3 is 5.97 Å². The van der Waals surface area contributed by atoms with Gasteiger partial charge in [0, 0.05) is 0 Å². The van der Waals surface area contributed by atoms with Crippen LogP contribution in [0.5, 0.6) is 0 Å². The Morgan fingerprint density at radius 2 is 1.86 bits per heavy atom. The van der Waals surface area contributed by atoms with Gasteiger partial charge in [0.15, 0.2) is 0 Å². The molecule has 0 aliphatic heterocycles. The monoisotopic (exact) mass is 368 g/mol. The molecule has 22 heavy (non-hydrogen) atoms. The first kappa shape index (κ1) is 21.0. The molecular weight excluding hydrogens is 351 g/mol. The molecule has 0 aliphatic rings. The molecule has 1 aromatic carbocycles. The number of carbonyl (C=O) groups is 2. The van der Waals surface area contributed by atoms with Crippen LogP contribution in [0.1, 0.15) is 25.5 Å². The van der Waals surface area contributed by atoms with Gasteiger partial charge in [0.25, 0.3) is 0 Å². The molecule has 0 saturated carbocycles. The summed E-state index contributed by atoms with van der Waals surface area (Å²) < 4.78 is 0. The zero-order chi connectivity index (χ0) is 16.2. The van der Waals surface area contributed by atoms with Crippen LogP contribution >= 0.6 is 35.6 Å². The van der Waals surface area contributed by atoms with Gasteiger partial charge in [-0.3, -0.25) is 14.5 Å². The Morgan fingerprint density at radius 1 is 1.27 bits per heavy atom. The Labute approximate surface area is 146 Å². The maximum atomic E-state index is 11.9. The molecule has 0 spiro atoms. The lowest BCUT2D eigenvalue weighted by atomic mass is 10.1. The molecule has 5 nitrogen and oxygen atoms in total. The van der Waals surface area contributed by atoms with Gasteiger partial charge in [-0.1, -0.05) is 29.3 Å². The number of hydrogen-bond acceptors (Lipinski definition) is 3. The van der Waals surface area contributed by atoms with Crippen LogP contribution in [0.4, 0.5) is 0 Å². The Hall–Kier alpha value is -1.01. The maximum Gasteiger partial charge on any atom is 0.320 e. The zero-order valence-electron chi connectivity index (χ0n) is 12.5. The summed E-state index contributed by atoms with van der Waals surface area (Å²) >= 11 is 11.8. The van der Waals surface area contributed by atoms with Crippen molar-refractivity contribution >= 4 is 47.5 Å². The lowest BCUT2D eigenvalue weighted by Gasteiger charge is -2.22. The predicted octanol–water partition coefficient (Wildman–Crippen LogP) is 3.00. The van der Waals surface area contributed by atoms with Crippen LogP contribution in [0.15, 0.2) is 18.2 Å². The summed E-state index contributed by atoms with van der Waals surface area (Å²) in [7, 11) is 1.59. The second kappa shape index (κ2) is 9.20. The van der Waals surface area contributed by atoms with E-state index in [2.05, 4.69) is 5.32 Å². The summed E-state index contributed by atoms with van der Waals surface area (Å²) in [6.45, 7) is 3.34. The van der Waals surface area contributed by atoms with Crippen LogP contribution in [-0.2, 0) is 9.59 Å². The molecular formula is C14H19Cl3N2O3. The van der Waals surface area contributed by atoms with E-state index < -0.39 is 12.0 Å². The van der Waals surface area contributed by atoms with E-state index in [1.807, 2.05) is 6.92 Å². The van der Waals surface area contributed by atoms with Crippen molar-refractivity contribution in [3.8, 4) is 0 Å². The number of rotatable bonds is 6. The van der Waals surface area contributed by atoms with Gasteiger partial charge in [-0.15, -0.1) is 12.4 Å². The Morgan fingerprint density at radius 3 is 2.36 bits per heavy atom. The minimum Gasteiger partial charge on any atom is -0.480 e. The van der Waals surface area contributed by atoms with Gasteiger partial charge in [-0.2, -0.15) is 0 Å². The van der Waals surface area contributed by atoms with Crippen molar-refractivity contribution in [1.29, 1.82) is 0 Å². The minimum absolute atomic E-state index is 0. The molecule has 1 aromatic rings. The fraction of sp³-hybridized carbons (Fsp3) is 0.429. The van der Waals surface area contributed by atoms with Crippen molar-refractivity contribution in [1.82, 2.24) is 10.2 Å². The van der Waals surface area contributed by atoms with Crippen LogP contribution in [0.25, 0.3) is 0 Å². The number of carbonyl (C=O) groups excluding carboxylic acids is 1. The molecule has 2 atom stereocenters. The molecule has 1 rings (SSSR count). The second-order valence-electron chi connectivity index (χ2n) is 4.89. The molecule has 2 N–H and O–H groups in total. The van der Waals surface area contributed by atoms with Gasteiger partial charge in [-0.05, 0) is 38.6 Å². The smallest absolute Gasteiger partial charge is 0.320 e. The second-order valence-corrected chi connectivity index (χ2v) is 5.71. The number of amides is 1. The van der Waals surface area contributed by atoms with Crippen LogP contribution in [0.2, 0.25) is 10.0 Å². The third-order valence-electron chi connectivity index (χ3n) is 3.23. The highest BCUT2D eigenvalue weighted by Gasteiger charge is 2.20. The third kappa shape index (κ3) is 6.01. The average Bonchev–Trinajstić information content (AvgIpc) is 2.40. The highest BCUT2D eigenvalue weighted by atomic mass is 35.5. The highest BCUT2D eigenvalue weighted by molar-refractivity contribution is 6.42. The minimum atomic E-state index is -0.970. The normalized spacial score (nSPS) is 13.2. The number of carboxylic acids is 1. The fourth-order valence-electron chi connectivity index (χ4n) is 1.70. The standard InChI is InChI=1S/C14H18Cl2N2O3.ClH/c1-8(10-4-5-11(15)12(16)6-10)17-13(19)7-18(3)9(2)14(20)21;/h4-6,8-9H,7H2,1-3H3,(H,17,19)(H,20,21);1H. The third-order valence-corrected chi connectivity index (χ3v) is 3.97. The highest BCUT2D eigenvalue weighted by Crippen LogP contribution is 2.25. The molecule has 0 fully saturated rings. The molecule has 0 aliphatic carbocycles. The van der Waals surface area contributed by atoms with E-state index in [1.165, 1.54) is 11.8 Å². The summed E-state index contributed by atoms with van der Waals surface area (Å²) in [4.78, 5) is 24.2. The van der Waals surface area contributed by atoms with Crippen molar-refractivity contribution < 1.29 is 14.7 Å². The SMILES string of the molecule is CC(NC(=O)CN(C)C(C)C(=O)O)c1ccc(Cl)c(Cl)c1.Cl. The Balaban J connectivity index is 0.00000441. The first-order chi connectivity index (χ1) is 9.72. The first-order valence-electron chi connectivity index (χ1n) is 6.39. The number of benzene rings is 1. The summed E-state index contributed by atoms with van der Waals surface area (Å²) in [6, 6.07) is 4.17. The van der Waals surface area contributed by atoms with Crippen molar-refractivity contribution in [2.24, 2.45) is 0 Å². The summed E-state index contributed by atoms with van der Waals surface area (Å²) in [6.07, 6.45) is 0. The van der Waals surface area contributed by atoms with Gasteiger partial charge in [0.05, 0.1) is 22.6 Å². The lowest BCUT2D eigenvalue weighted by Crippen LogP contribution is -2.43. The number of carboxylic acid groups (broad SMARTS) is 1. The van der Waals surface area contributed by atoms with Crippen LogP contribution in [-0.4, -0.2) is 41.5 Å². The van der Waals surface area contributed by atoms with E-state index in [-0.39, 0.29) is 30.9 Å². The molecule has 0 bridgehead atoms. The van der Waals surface area contributed by atoms with Gasteiger partial charge in [0.1, 0.15) is 6.04 Å². The van der Waals surface area contributed by atoms with Crippen molar-refractivity contribution in [3.63, 3.8) is 0 Å². The summed E-state index contributed by atoms with van der Waals surface area (Å²) in [5.74, 6) is -1.23. The van der Waals surface area contributed by atoms with Gasteiger partial charge in [0.2, 0.25) is 5.91 Å². The number of aliphatic carboxylic acids is 1. The summed E-state index contributed by atoms with van der Waals surface area (Å²) in [5.41, 5.74) is 0.826. The summed E-state index contributed by atoms with van der Waals surface area (Å²) in [5, 5.41) is 12.5. The molecule has 0 aromatic heterocycles. The van der Waals surface area contributed by atoms with Gasteiger partial charge in [-0.25, -0.2) is 0 Å². The Bertz CT molecular complexity index is 540. The van der Waals surface area contributed by atoms with E-state index in [0.29, 0.717) is 10.0 Å². The first-order valence-corrected chi connectivity index (χ1v) is 7.15. The van der Waals surface area contributed by atoms with Crippen molar-refractivity contribution in [2.45, 2.75) is 25.9 Å². The van der Waals surface area contributed by atoms with Crippen molar-refractivity contribution in [3.05, 3.63) is 33.8 Å². The van der Waals surface area contributed by atoms with Crippen LogP contribution in [0.3, 0.4) is 0 Å². The maximum absolute atomic E-state index is 11.9. The van der Waals surface area contributed by atoms with E-state index in [1.54, 1.807) is 25.2 Å². The average molecular weight is 370 g/mol. The van der Waals surface area contributed by atoms with E-state index in [9.17, 15) is 9.59 Å². The number of halogens is 3. The molecule has 0 radical (unpaired) electrons. The number of hydrogen-bond donors (Lipinski definition) is 2. The van der Waals surface area contributed by atoms with Crippen LogP contribution < -0.4 is 5.32 Å². The Kier molecular flexibility index (Phi) is 8.78. The quantitative estimate of drug-likeness (QED) is 0.809. The number of likely N-dealkylation sites (N-methyl/N-ethyl adjacent to an activating group) is 1. The molecule has 0 saturated heterocycles. The zero-order valence-corrected chi connectivity index (χ0v) is 14.8. The molecule has 124 valence electrons. The lowest BCUT2D eigenvalue weighted by molar-refractivity contribution is -0.142. The van der Waals surface area contributed by atoms with E-state index in [4.69, 9.17) is 28.3 Å². The topological polar surface area (TPSA) is 69.6 Å². The fourth-order valence-corrected chi connectivity index (χ4v) is 2.01. The van der Waals surface area contributed by atoms with Gasteiger partial charge < -0.3 is 10.4 Å². The van der Waals surface area contributed by atoms with Crippen LogP contribution in [0, 0.1) is 0 Å². The van der Waals surface area contributed by atoms with Crippen molar-refractivity contribution in [2.75, 3.05) is 13.6 Å². The number of nitrogens with one attached hydrogen (secondary N) is 1. The molecule has 0 heterocycles. The predicted molar refractivity (Wildman–Crippen MR) is 90.0 cm³/mol. The van der Waals surface area contributed by atoms with E-state index >= 15 is 0 Å². The molecule has 2 unspecified atom stereocenters.